The van der Waals surface area contributed by atoms with Crippen LogP contribution >= 0.6 is 0 Å². The number of carbonyl (C=O) groups is 1. The molecular weight excluding hydrogens is 372 g/mol. The van der Waals surface area contributed by atoms with E-state index >= 15 is 0 Å². The van der Waals surface area contributed by atoms with E-state index in [-0.39, 0.29) is 29.5 Å². The zero-order valence-electron chi connectivity index (χ0n) is 15.9. The number of sulfone groups is 1. The van der Waals surface area contributed by atoms with Crippen molar-refractivity contribution in [1.29, 1.82) is 0 Å². The van der Waals surface area contributed by atoms with E-state index < -0.39 is 9.84 Å². The number of benzene rings is 2. The van der Waals surface area contributed by atoms with Crippen LogP contribution in [0.15, 0.2) is 60.7 Å². The molecule has 2 saturated heterocycles. The van der Waals surface area contributed by atoms with Crippen molar-refractivity contribution in [3.05, 3.63) is 66.2 Å². The van der Waals surface area contributed by atoms with Crippen LogP contribution in [0.5, 0.6) is 0 Å². The van der Waals surface area contributed by atoms with Crippen LogP contribution in [-0.4, -0.2) is 49.9 Å². The van der Waals surface area contributed by atoms with E-state index in [2.05, 4.69) is 17.0 Å². The lowest BCUT2D eigenvalue weighted by Gasteiger charge is -2.32. The Kier molecular flexibility index (Phi) is 5.51. The van der Waals surface area contributed by atoms with Crippen molar-refractivity contribution >= 4 is 21.4 Å². The molecule has 148 valence electrons. The summed E-state index contributed by atoms with van der Waals surface area (Å²) in [5.41, 5.74) is 2.02. The molecule has 0 N–H and O–H groups in total. The average Bonchev–Trinajstić information content (AvgIpc) is 3.29. The maximum absolute atomic E-state index is 13.4. The Morgan fingerprint density at radius 1 is 1.00 bits per heavy atom. The van der Waals surface area contributed by atoms with E-state index in [1.807, 2.05) is 48.5 Å². The van der Waals surface area contributed by atoms with Gasteiger partial charge in [0, 0.05) is 11.7 Å². The van der Waals surface area contributed by atoms with Crippen molar-refractivity contribution in [2.24, 2.45) is 0 Å². The SMILES string of the molecule is O=C(CN1CCC[C@H]1c1ccccc1)N(c1ccccc1)[C@@H]1CCS(=O)(=O)C1. The highest BCUT2D eigenvalue weighted by molar-refractivity contribution is 7.91. The highest BCUT2D eigenvalue weighted by atomic mass is 32.2. The van der Waals surface area contributed by atoms with Gasteiger partial charge in [-0.3, -0.25) is 9.69 Å². The first-order chi connectivity index (χ1) is 13.5. The Labute approximate surface area is 166 Å². The molecule has 0 saturated carbocycles. The molecule has 0 aromatic heterocycles. The number of likely N-dealkylation sites (tertiary alicyclic amines) is 1. The van der Waals surface area contributed by atoms with Crippen LogP contribution in [0.25, 0.3) is 0 Å². The van der Waals surface area contributed by atoms with Crippen LogP contribution in [0.3, 0.4) is 0 Å². The van der Waals surface area contributed by atoms with Crippen molar-refractivity contribution in [2.45, 2.75) is 31.3 Å². The van der Waals surface area contributed by atoms with Gasteiger partial charge in [-0.05, 0) is 43.5 Å². The minimum atomic E-state index is -3.07. The second-order valence-corrected chi connectivity index (χ2v) is 9.92. The molecule has 0 unspecified atom stereocenters. The Bertz CT molecular complexity index is 915. The molecule has 2 aliphatic heterocycles. The van der Waals surface area contributed by atoms with Gasteiger partial charge < -0.3 is 4.90 Å². The molecule has 2 fully saturated rings. The molecule has 6 heteroatoms. The normalized spacial score (nSPS) is 24.3. The lowest BCUT2D eigenvalue weighted by Crippen LogP contribution is -2.46. The second-order valence-electron chi connectivity index (χ2n) is 7.70. The topological polar surface area (TPSA) is 57.7 Å². The highest BCUT2D eigenvalue weighted by Crippen LogP contribution is 2.32. The number of amides is 1. The van der Waals surface area contributed by atoms with Crippen molar-refractivity contribution in [3.63, 3.8) is 0 Å². The first kappa shape index (κ1) is 19.2. The van der Waals surface area contributed by atoms with E-state index in [1.54, 1.807) is 4.90 Å². The molecule has 0 radical (unpaired) electrons. The summed E-state index contributed by atoms with van der Waals surface area (Å²) in [6.07, 6.45) is 2.61. The molecule has 4 rings (SSSR count). The molecule has 2 aliphatic rings. The van der Waals surface area contributed by atoms with Crippen molar-refractivity contribution in [1.82, 2.24) is 4.90 Å². The second kappa shape index (κ2) is 8.05. The van der Waals surface area contributed by atoms with Gasteiger partial charge in [-0.25, -0.2) is 8.42 Å². The van der Waals surface area contributed by atoms with Crippen LogP contribution in [-0.2, 0) is 14.6 Å². The molecule has 2 aromatic rings. The summed E-state index contributed by atoms with van der Waals surface area (Å²) in [5, 5.41) is 0. The predicted molar refractivity (Wildman–Crippen MR) is 111 cm³/mol. The van der Waals surface area contributed by atoms with Gasteiger partial charge in [0.15, 0.2) is 9.84 Å². The number of hydrogen-bond acceptors (Lipinski definition) is 4. The predicted octanol–water partition coefficient (Wildman–Crippen LogP) is 3.04. The minimum absolute atomic E-state index is 0.0175. The number of hydrogen-bond donors (Lipinski definition) is 0. The van der Waals surface area contributed by atoms with Crippen molar-refractivity contribution in [3.8, 4) is 0 Å². The minimum Gasteiger partial charge on any atom is -0.307 e. The Hall–Kier alpha value is -2.18. The summed E-state index contributed by atoms with van der Waals surface area (Å²) in [5.74, 6) is 0.191. The smallest absolute Gasteiger partial charge is 0.241 e. The monoisotopic (exact) mass is 398 g/mol. The van der Waals surface area contributed by atoms with E-state index in [0.717, 1.165) is 25.1 Å². The molecule has 28 heavy (non-hydrogen) atoms. The fraction of sp³-hybridized carbons (Fsp3) is 0.409. The van der Waals surface area contributed by atoms with Gasteiger partial charge >= 0.3 is 0 Å². The largest absolute Gasteiger partial charge is 0.307 e. The number of anilines is 1. The summed E-state index contributed by atoms with van der Waals surface area (Å²) < 4.78 is 24.1. The van der Waals surface area contributed by atoms with E-state index in [9.17, 15) is 13.2 Å². The van der Waals surface area contributed by atoms with Crippen molar-refractivity contribution < 1.29 is 13.2 Å². The van der Waals surface area contributed by atoms with Crippen molar-refractivity contribution in [2.75, 3.05) is 29.5 Å². The standard InChI is InChI=1S/C22H26N2O3S/c25-22(16-23-14-7-12-21(23)18-8-3-1-4-9-18)24(19-10-5-2-6-11-19)20-13-15-28(26,27)17-20/h1-6,8-11,20-21H,7,12-17H2/t20-,21+/m1/s1. The number of para-hydroxylation sites is 1. The first-order valence-electron chi connectivity index (χ1n) is 9.90. The van der Waals surface area contributed by atoms with E-state index in [0.29, 0.717) is 13.0 Å². The molecular formula is C22H26N2O3S. The summed E-state index contributed by atoms with van der Waals surface area (Å²) in [6, 6.07) is 19.7. The number of carbonyl (C=O) groups excluding carboxylic acids is 1. The Morgan fingerprint density at radius 3 is 2.32 bits per heavy atom. The fourth-order valence-electron chi connectivity index (χ4n) is 4.44. The summed E-state index contributed by atoms with van der Waals surface area (Å²) in [4.78, 5) is 17.3. The molecule has 2 atom stereocenters. The van der Waals surface area contributed by atoms with Crippen LogP contribution in [0.1, 0.15) is 30.9 Å². The van der Waals surface area contributed by atoms with Gasteiger partial charge in [-0.15, -0.1) is 0 Å². The first-order valence-corrected chi connectivity index (χ1v) is 11.7. The summed E-state index contributed by atoms with van der Waals surface area (Å²) in [7, 11) is -3.07. The molecule has 5 nitrogen and oxygen atoms in total. The molecule has 0 aliphatic carbocycles. The van der Waals surface area contributed by atoms with Crippen LogP contribution in [0, 0.1) is 0 Å². The Morgan fingerprint density at radius 2 is 1.68 bits per heavy atom. The van der Waals surface area contributed by atoms with Gasteiger partial charge in [0.25, 0.3) is 0 Å². The van der Waals surface area contributed by atoms with Crippen LogP contribution < -0.4 is 4.90 Å². The third-order valence-corrected chi connectivity index (χ3v) is 7.51. The fourth-order valence-corrected chi connectivity index (χ4v) is 6.14. The van der Waals surface area contributed by atoms with Gasteiger partial charge in [0.05, 0.1) is 24.1 Å². The number of rotatable bonds is 5. The molecule has 2 aromatic carbocycles. The highest BCUT2D eigenvalue weighted by Gasteiger charge is 2.37. The average molecular weight is 399 g/mol. The third-order valence-electron chi connectivity index (χ3n) is 5.76. The quantitative estimate of drug-likeness (QED) is 0.777. The van der Waals surface area contributed by atoms with Crippen LogP contribution in [0.2, 0.25) is 0 Å². The van der Waals surface area contributed by atoms with Gasteiger partial charge in [0.2, 0.25) is 5.91 Å². The van der Waals surface area contributed by atoms with Gasteiger partial charge in [0.1, 0.15) is 0 Å². The third kappa shape index (κ3) is 4.13. The van der Waals surface area contributed by atoms with Crippen LogP contribution in [0.4, 0.5) is 5.69 Å². The van der Waals surface area contributed by atoms with Gasteiger partial charge in [-0.2, -0.15) is 0 Å². The van der Waals surface area contributed by atoms with Gasteiger partial charge in [-0.1, -0.05) is 48.5 Å². The summed E-state index contributed by atoms with van der Waals surface area (Å²) in [6.45, 7) is 1.20. The zero-order chi connectivity index (χ0) is 19.6. The molecule has 0 spiro atoms. The lowest BCUT2D eigenvalue weighted by atomic mass is 10.0. The Balaban J connectivity index is 1.56. The maximum Gasteiger partial charge on any atom is 0.241 e. The maximum atomic E-state index is 13.4. The zero-order valence-corrected chi connectivity index (χ0v) is 16.7. The number of nitrogens with zero attached hydrogens (tertiary/aromatic N) is 2. The van der Waals surface area contributed by atoms with E-state index in [4.69, 9.17) is 0 Å². The molecule has 2 heterocycles. The molecule has 1 amide bonds. The lowest BCUT2D eigenvalue weighted by molar-refractivity contribution is -0.120. The van der Waals surface area contributed by atoms with E-state index in [1.165, 1.54) is 5.56 Å². The summed E-state index contributed by atoms with van der Waals surface area (Å²) >= 11 is 0. The molecule has 0 bridgehead atoms.